The van der Waals surface area contributed by atoms with Gasteiger partial charge in [-0.25, -0.2) is 9.97 Å². The Labute approximate surface area is 187 Å². The van der Waals surface area contributed by atoms with Crippen molar-refractivity contribution in [1.29, 1.82) is 0 Å². The molecule has 4 rings (SSSR count). The number of morpholine rings is 1. The zero-order valence-electron chi connectivity index (χ0n) is 18.5. The number of aryl methyl sites for hydroxylation is 2. The lowest BCUT2D eigenvalue weighted by Gasteiger charge is -2.27. The van der Waals surface area contributed by atoms with E-state index in [-0.39, 0.29) is 30.8 Å². The fourth-order valence-corrected chi connectivity index (χ4v) is 3.87. The van der Waals surface area contributed by atoms with Crippen LogP contribution in [0.4, 0.5) is 11.5 Å². The predicted octanol–water partition coefficient (Wildman–Crippen LogP) is 1.48. The zero-order valence-corrected chi connectivity index (χ0v) is 18.5. The fourth-order valence-electron chi connectivity index (χ4n) is 3.87. The van der Waals surface area contributed by atoms with Crippen LogP contribution in [0.15, 0.2) is 30.6 Å². The van der Waals surface area contributed by atoms with Gasteiger partial charge >= 0.3 is 0 Å². The third-order valence-electron chi connectivity index (χ3n) is 5.91. The summed E-state index contributed by atoms with van der Waals surface area (Å²) in [6, 6.07) is 7.72. The lowest BCUT2D eigenvalue weighted by molar-refractivity contribution is -0.126. The minimum Gasteiger partial charge on any atom is -0.476 e. The Morgan fingerprint density at radius 1 is 1.19 bits per heavy atom. The molecule has 9 heteroatoms. The van der Waals surface area contributed by atoms with Crippen molar-refractivity contribution in [1.82, 2.24) is 15.3 Å². The molecule has 2 aromatic rings. The number of carbonyl (C=O) groups is 2. The number of aromatic nitrogens is 2. The Kier molecular flexibility index (Phi) is 6.84. The molecular formula is C23H29N5O4. The van der Waals surface area contributed by atoms with Crippen LogP contribution in [0.5, 0.6) is 5.88 Å². The Morgan fingerprint density at radius 2 is 2.00 bits per heavy atom. The van der Waals surface area contributed by atoms with E-state index in [0.29, 0.717) is 32.2 Å². The summed E-state index contributed by atoms with van der Waals surface area (Å²) in [5.74, 6) is 0.744. The molecule has 9 nitrogen and oxygen atoms in total. The molecule has 2 aliphatic rings. The fraction of sp³-hybridized carbons (Fsp3) is 0.478. The van der Waals surface area contributed by atoms with Crippen molar-refractivity contribution in [2.75, 3.05) is 55.8 Å². The maximum Gasteiger partial charge on any atom is 0.227 e. The van der Waals surface area contributed by atoms with Crippen molar-refractivity contribution in [3.05, 3.63) is 41.7 Å². The molecule has 32 heavy (non-hydrogen) atoms. The summed E-state index contributed by atoms with van der Waals surface area (Å²) in [4.78, 5) is 37.3. The van der Waals surface area contributed by atoms with Gasteiger partial charge in [-0.1, -0.05) is 6.07 Å². The Morgan fingerprint density at radius 3 is 2.78 bits per heavy atom. The number of ether oxygens (including phenoxy) is 2. The second kappa shape index (κ2) is 9.95. The third kappa shape index (κ3) is 5.16. The number of amides is 2. The van der Waals surface area contributed by atoms with Gasteiger partial charge in [0.1, 0.15) is 18.8 Å². The van der Waals surface area contributed by atoms with Crippen LogP contribution in [0.2, 0.25) is 0 Å². The summed E-state index contributed by atoms with van der Waals surface area (Å²) in [7, 11) is 0. The standard InChI is InChI=1S/C23H29N5O4/c1-16-3-4-19(11-17(16)2)28-14-18(12-22(28)29)23(30)24-5-8-32-21-13-20(25-15-26-21)27-6-9-31-10-7-27/h3-4,11,13,15,18H,5-10,12,14H2,1-2H3,(H,24,30)/t18-/m1/s1. The minimum absolute atomic E-state index is 0.0266. The lowest BCUT2D eigenvalue weighted by atomic mass is 10.1. The van der Waals surface area contributed by atoms with Gasteiger partial charge in [0.2, 0.25) is 17.7 Å². The largest absolute Gasteiger partial charge is 0.476 e. The first-order valence-electron chi connectivity index (χ1n) is 10.9. The van der Waals surface area contributed by atoms with Crippen LogP contribution in [0.1, 0.15) is 17.5 Å². The molecule has 2 fully saturated rings. The van der Waals surface area contributed by atoms with Crippen molar-refractivity contribution < 1.29 is 19.1 Å². The van der Waals surface area contributed by atoms with Crippen LogP contribution in [-0.2, 0) is 14.3 Å². The number of rotatable bonds is 7. The maximum atomic E-state index is 12.6. The van der Waals surface area contributed by atoms with Crippen molar-refractivity contribution in [3.8, 4) is 5.88 Å². The molecule has 0 unspecified atom stereocenters. The van der Waals surface area contributed by atoms with Gasteiger partial charge in [-0.15, -0.1) is 0 Å². The van der Waals surface area contributed by atoms with Crippen molar-refractivity contribution in [2.45, 2.75) is 20.3 Å². The van der Waals surface area contributed by atoms with Crippen molar-refractivity contribution in [2.24, 2.45) is 5.92 Å². The van der Waals surface area contributed by atoms with E-state index in [0.717, 1.165) is 30.2 Å². The highest BCUT2D eigenvalue weighted by molar-refractivity contribution is 6.00. The number of hydrogen-bond donors (Lipinski definition) is 1. The molecule has 0 saturated carbocycles. The molecule has 170 valence electrons. The average Bonchev–Trinajstić information content (AvgIpc) is 3.21. The summed E-state index contributed by atoms with van der Waals surface area (Å²) in [5.41, 5.74) is 3.15. The van der Waals surface area contributed by atoms with Crippen LogP contribution in [0.25, 0.3) is 0 Å². The SMILES string of the molecule is Cc1ccc(N2C[C@H](C(=O)NCCOc3cc(N4CCOCC4)ncn3)CC2=O)cc1C. The zero-order chi connectivity index (χ0) is 22.5. The van der Waals surface area contributed by atoms with Gasteiger partial charge in [0.05, 0.1) is 25.7 Å². The van der Waals surface area contributed by atoms with Gasteiger partial charge in [-0.3, -0.25) is 9.59 Å². The van der Waals surface area contributed by atoms with E-state index in [1.54, 1.807) is 11.0 Å². The summed E-state index contributed by atoms with van der Waals surface area (Å²) < 4.78 is 11.0. The topological polar surface area (TPSA) is 96.9 Å². The number of benzene rings is 1. The molecule has 0 bridgehead atoms. The number of hydrogen-bond acceptors (Lipinski definition) is 7. The van der Waals surface area contributed by atoms with Gasteiger partial charge in [-0.2, -0.15) is 0 Å². The van der Waals surface area contributed by atoms with Gasteiger partial charge in [0, 0.05) is 37.8 Å². The Hall–Kier alpha value is -3.20. The molecule has 1 N–H and O–H groups in total. The molecule has 2 saturated heterocycles. The maximum absolute atomic E-state index is 12.6. The predicted molar refractivity (Wildman–Crippen MR) is 120 cm³/mol. The highest BCUT2D eigenvalue weighted by atomic mass is 16.5. The van der Waals surface area contributed by atoms with E-state index < -0.39 is 0 Å². The summed E-state index contributed by atoms with van der Waals surface area (Å²) in [6.45, 7) is 7.99. The Bertz CT molecular complexity index is 977. The molecule has 3 heterocycles. The van der Waals surface area contributed by atoms with Gasteiger partial charge in [0.25, 0.3) is 0 Å². The summed E-state index contributed by atoms with van der Waals surface area (Å²) >= 11 is 0. The van der Waals surface area contributed by atoms with Crippen molar-refractivity contribution >= 4 is 23.3 Å². The quantitative estimate of drug-likeness (QED) is 0.653. The average molecular weight is 440 g/mol. The highest BCUT2D eigenvalue weighted by Gasteiger charge is 2.35. The van der Waals surface area contributed by atoms with Crippen LogP contribution < -0.4 is 19.9 Å². The summed E-state index contributed by atoms with van der Waals surface area (Å²) in [5, 5.41) is 2.87. The monoisotopic (exact) mass is 439 g/mol. The number of anilines is 2. The molecule has 2 aliphatic heterocycles. The van der Waals surface area contributed by atoms with Crippen molar-refractivity contribution in [3.63, 3.8) is 0 Å². The van der Waals surface area contributed by atoms with E-state index in [9.17, 15) is 9.59 Å². The van der Waals surface area contributed by atoms with Crippen LogP contribution >= 0.6 is 0 Å². The van der Waals surface area contributed by atoms with E-state index in [1.165, 1.54) is 11.9 Å². The van der Waals surface area contributed by atoms with E-state index >= 15 is 0 Å². The second-order valence-electron chi connectivity index (χ2n) is 8.13. The normalized spacial score (nSPS) is 18.7. The summed E-state index contributed by atoms with van der Waals surface area (Å²) in [6.07, 6.45) is 1.69. The first kappa shape index (κ1) is 22.0. The third-order valence-corrected chi connectivity index (χ3v) is 5.91. The van der Waals surface area contributed by atoms with Gasteiger partial charge in [0.15, 0.2) is 0 Å². The van der Waals surface area contributed by atoms with Crippen LogP contribution in [0, 0.1) is 19.8 Å². The smallest absolute Gasteiger partial charge is 0.227 e. The molecular weight excluding hydrogens is 410 g/mol. The molecule has 1 aromatic carbocycles. The minimum atomic E-state index is -0.365. The van der Waals surface area contributed by atoms with Gasteiger partial charge < -0.3 is 24.6 Å². The molecule has 0 radical (unpaired) electrons. The first-order valence-corrected chi connectivity index (χ1v) is 10.9. The number of carbonyl (C=O) groups excluding carboxylic acids is 2. The Balaban J connectivity index is 1.24. The molecule has 2 amide bonds. The molecule has 1 atom stereocenters. The van der Waals surface area contributed by atoms with E-state index in [1.807, 2.05) is 32.0 Å². The molecule has 0 aliphatic carbocycles. The molecule has 1 aromatic heterocycles. The van der Waals surface area contributed by atoms with E-state index in [2.05, 4.69) is 20.2 Å². The highest BCUT2D eigenvalue weighted by Crippen LogP contribution is 2.27. The van der Waals surface area contributed by atoms with Gasteiger partial charge in [-0.05, 0) is 37.1 Å². The number of nitrogens with zero attached hydrogens (tertiary/aromatic N) is 4. The second-order valence-corrected chi connectivity index (χ2v) is 8.13. The molecule has 0 spiro atoms. The lowest BCUT2D eigenvalue weighted by Crippen LogP contribution is -2.36. The first-order chi connectivity index (χ1) is 15.5. The van der Waals surface area contributed by atoms with Crippen LogP contribution in [-0.4, -0.2) is 67.8 Å². The van der Waals surface area contributed by atoms with E-state index in [4.69, 9.17) is 9.47 Å². The number of nitrogens with one attached hydrogen (secondary N) is 1. The van der Waals surface area contributed by atoms with Crippen LogP contribution in [0.3, 0.4) is 0 Å².